The van der Waals surface area contributed by atoms with Crippen LogP contribution in [0.25, 0.3) is 78.5 Å². The second-order valence-corrected chi connectivity index (χ2v) is 11.8. The first-order valence-electron chi connectivity index (χ1n) is 16.0. The highest BCUT2D eigenvalue weighted by atomic mass is 15.3. The van der Waals surface area contributed by atoms with E-state index in [0.717, 1.165) is 61.9 Å². The number of rotatable bonds is 6. The molecule has 0 atom stereocenters. The number of pyridine rings is 1. The van der Waals surface area contributed by atoms with Crippen LogP contribution in [-0.4, -0.2) is 24.3 Å². The lowest BCUT2D eigenvalue weighted by Gasteiger charge is -2.14. The van der Waals surface area contributed by atoms with E-state index in [4.69, 9.17) is 15.2 Å². The minimum Gasteiger partial charge on any atom is -0.294 e. The van der Waals surface area contributed by atoms with Gasteiger partial charge < -0.3 is 0 Å². The summed E-state index contributed by atoms with van der Waals surface area (Å²) in [7, 11) is 0. The number of nitrogens with zero attached hydrogens (tertiary/aromatic N) is 5. The molecule has 0 aliphatic heterocycles. The third-order valence-corrected chi connectivity index (χ3v) is 8.88. The van der Waals surface area contributed by atoms with Gasteiger partial charge in [-0.25, -0.2) is 4.98 Å². The zero-order valence-electron chi connectivity index (χ0n) is 26.0. The Hall–Kier alpha value is -6.59. The number of hydrogen-bond donors (Lipinski definition) is 0. The zero-order valence-corrected chi connectivity index (χ0v) is 26.0. The first-order valence-corrected chi connectivity index (χ1v) is 16.0. The Morgan fingerprint density at radius 2 is 0.875 bits per heavy atom. The van der Waals surface area contributed by atoms with Crippen LogP contribution in [0.5, 0.6) is 0 Å². The van der Waals surface area contributed by atoms with Gasteiger partial charge in [0.1, 0.15) is 11.5 Å². The Kier molecular flexibility index (Phi) is 6.72. The Morgan fingerprint density at radius 1 is 0.354 bits per heavy atom. The van der Waals surface area contributed by atoms with E-state index in [2.05, 4.69) is 167 Å². The Bertz CT molecular complexity index is 2510. The maximum absolute atomic E-state index is 5.26. The van der Waals surface area contributed by atoms with Crippen LogP contribution in [0.1, 0.15) is 0 Å². The molecule has 9 aromatic rings. The van der Waals surface area contributed by atoms with E-state index < -0.39 is 0 Å². The maximum atomic E-state index is 5.26. The summed E-state index contributed by atoms with van der Waals surface area (Å²) in [4.78, 5) is 5.26. The molecule has 0 amide bonds. The van der Waals surface area contributed by atoms with Crippen molar-refractivity contribution in [2.24, 2.45) is 0 Å². The average molecular weight is 616 g/mol. The van der Waals surface area contributed by atoms with E-state index in [0.29, 0.717) is 5.82 Å². The predicted octanol–water partition coefficient (Wildman–Crippen LogP) is 10.4. The van der Waals surface area contributed by atoms with Crippen molar-refractivity contribution in [3.63, 3.8) is 0 Å². The summed E-state index contributed by atoms with van der Waals surface area (Å²) in [5, 5.41) is 12.1. The molecule has 0 saturated carbocycles. The minimum absolute atomic E-state index is 0.669. The van der Waals surface area contributed by atoms with Crippen LogP contribution in [0.3, 0.4) is 0 Å². The van der Waals surface area contributed by atoms with Crippen LogP contribution in [0.15, 0.2) is 176 Å². The van der Waals surface area contributed by atoms with Gasteiger partial charge in [-0.1, -0.05) is 133 Å². The quantitative estimate of drug-likeness (QED) is 0.187. The molecule has 48 heavy (non-hydrogen) atoms. The van der Waals surface area contributed by atoms with Crippen molar-refractivity contribution in [2.45, 2.75) is 0 Å². The maximum Gasteiger partial charge on any atom is 0.187 e. The van der Waals surface area contributed by atoms with Crippen molar-refractivity contribution in [1.82, 2.24) is 24.3 Å². The normalized spacial score (nSPS) is 11.3. The van der Waals surface area contributed by atoms with Crippen LogP contribution in [-0.2, 0) is 0 Å². The fraction of sp³-hybridized carbons (Fsp3) is 0. The van der Waals surface area contributed by atoms with Gasteiger partial charge >= 0.3 is 0 Å². The number of para-hydroxylation sites is 2. The number of benzene rings is 6. The lowest BCUT2D eigenvalue weighted by atomic mass is 10.0. The second kappa shape index (κ2) is 11.6. The molecule has 5 heteroatoms. The molecule has 0 N–H and O–H groups in total. The highest BCUT2D eigenvalue weighted by Gasteiger charge is 2.21. The molecule has 3 aromatic heterocycles. The standard InChI is InChI=1S/C43H29N5/c1-3-14-30(15-4-1)32-18-11-20-34(28-32)42-45-46-43(47(42)35-21-12-19-33(29-35)31-16-5-2-6-17-31)38-24-13-27-41(44-38)48-39-25-9-7-22-36(39)37-23-8-10-26-40(37)48/h1-29H. The lowest BCUT2D eigenvalue weighted by Crippen LogP contribution is -2.04. The average Bonchev–Trinajstić information content (AvgIpc) is 3.76. The van der Waals surface area contributed by atoms with Crippen molar-refractivity contribution in [3.05, 3.63) is 176 Å². The van der Waals surface area contributed by atoms with Gasteiger partial charge in [0.2, 0.25) is 0 Å². The summed E-state index contributed by atoms with van der Waals surface area (Å²) in [5.41, 5.74) is 9.41. The summed E-state index contributed by atoms with van der Waals surface area (Å²) in [6.07, 6.45) is 0. The smallest absolute Gasteiger partial charge is 0.187 e. The highest BCUT2D eigenvalue weighted by Crippen LogP contribution is 2.34. The number of fused-ring (bicyclic) bond motifs is 3. The van der Waals surface area contributed by atoms with Gasteiger partial charge in [0.15, 0.2) is 11.6 Å². The largest absolute Gasteiger partial charge is 0.294 e. The van der Waals surface area contributed by atoms with Crippen LogP contribution in [0.2, 0.25) is 0 Å². The van der Waals surface area contributed by atoms with Gasteiger partial charge in [0.25, 0.3) is 0 Å². The van der Waals surface area contributed by atoms with Crippen molar-refractivity contribution in [1.29, 1.82) is 0 Å². The Balaban J connectivity index is 1.25. The molecular formula is C43H29N5. The minimum atomic E-state index is 0.669. The van der Waals surface area contributed by atoms with E-state index in [9.17, 15) is 0 Å². The topological polar surface area (TPSA) is 48.5 Å². The molecule has 226 valence electrons. The van der Waals surface area contributed by atoms with Crippen molar-refractivity contribution in [2.75, 3.05) is 0 Å². The molecule has 5 nitrogen and oxygen atoms in total. The van der Waals surface area contributed by atoms with Crippen molar-refractivity contribution >= 4 is 21.8 Å². The molecule has 9 rings (SSSR count). The molecule has 0 aliphatic rings. The molecule has 0 saturated heterocycles. The van der Waals surface area contributed by atoms with Crippen molar-refractivity contribution < 1.29 is 0 Å². The molecule has 0 aliphatic carbocycles. The monoisotopic (exact) mass is 615 g/mol. The fourth-order valence-electron chi connectivity index (χ4n) is 6.65. The molecule has 0 spiro atoms. The molecule has 0 unspecified atom stereocenters. The molecule has 0 radical (unpaired) electrons. The Morgan fingerprint density at radius 3 is 1.56 bits per heavy atom. The Labute approximate surface area is 278 Å². The van der Waals surface area contributed by atoms with Crippen LogP contribution in [0, 0.1) is 0 Å². The molecule has 6 aromatic carbocycles. The van der Waals surface area contributed by atoms with E-state index in [1.807, 2.05) is 18.2 Å². The fourth-order valence-corrected chi connectivity index (χ4v) is 6.65. The van der Waals surface area contributed by atoms with Gasteiger partial charge in [-0.15, -0.1) is 10.2 Å². The molecular weight excluding hydrogens is 587 g/mol. The summed E-state index contributed by atoms with van der Waals surface area (Å²) >= 11 is 0. The number of hydrogen-bond acceptors (Lipinski definition) is 3. The predicted molar refractivity (Wildman–Crippen MR) is 195 cm³/mol. The van der Waals surface area contributed by atoms with Gasteiger partial charge in [-0.2, -0.15) is 0 Å². The second-order valence-electron chi connectivity index (χ2n) is 11.8. The first-order chi connectivity index (χ1) is 23.8. The van der Waals surface area contributed by atoms with E-state index in [-0.39, 0.29) is 0 Å². The first kappa shape index (κ1) is 27.7. The number of aromatic nitrogens is 5. The van der Waals surface area contributed by atoms with Gasteiger partial charge in [0, 0.05) is 22.0 Å². The molecule has 3 heterocycles. The zero-order chi connectivity index (χ0) is 31.9. The molecule has 0 bridgehead atoms. The van der Waals surface area contributed by atoms with Gasteiger partial charge in [-0.3, -0.25) is 9.13 Å². The molecule has 0 fully saturated rings. The SMILES string of the molecule is c1ccc(-c2cccc(-c3nnc(-c4cccc(-n5c6ccccc6c6ccccc65)n4)n3-c3cccc(-c4ccccc4)c3)c2)cc1. The summed E-state index contributed by atoms with van der Waals surface area (Å²) < 4.78 is 4.36. The van der Waals surface area contributed by atoms with Crippen LogP contribution >= 0.6 is 0 Å². The summed E-state index contributed by atoms with van der Waals surface area (Å²) in [6.45, 7) is 0. The van der Waals surface area contributed by atoms with Gasteiger partial charge in [0.05, 0.1) is 11.0 Å². The highest BCUT2D eigenvalue weighted by molar-refractivity contribution is 6.09. The van der Waals surface area contributed by atoms with E-state index in [1.54, 1.807) is 0 Å². The third kappa shape index (κ3) is 4.77. The van der Waals surface area contributed by atoms with Gasteiger partial charge in [-0.05, 0) is 64.7 Å². The van der Waals surface area contributed by atoms with Crippen molar-refractivity contribution in [3.8, 4) is 56.7 Å². The summed E-state index contributed by atoms with van der Waals surface area (Å²) in [5.74, 6) is 2.24. The lowest BCUT2D eigenvalue weighted by molar-refractivity contribution is 1.03. The van der Waals surface area contributed by atoms with E-state index in [1.165, 1.54) is 10.8 Å². The van der Waals surface area contributed by atoms with Crippen LogP contribution in [0.4, 0.5) is 0 Å². The third-order valence-electron chi connectivity index (χ3n) is 8.88. The van der Waals surface area contributed by atoms with E-state index >= 15 is 0 Å². The summed E-state index contributed by atoms with van der Waals surface area (Å²) in [6, 6.07) is 61.0. The van der Waals surface area contributed by atoms with Crippen LogP contribution < -0.4 is 0 Å².